The molecule has 0 N–H and O–H groups in total. The fourth-order valence-electron chi connectivity index (χ4n) is 4.63. The van der Waals surface area contributed by atoms with Gasteiger partial charge in [-0.2, -0.15) is 8.96 Å². The summed E-state index contributed by atoms with van der Waals surface area (Å²) in [6.07, 6.45) is 1.61. The van der Waals surface area contributed by atoms with Crippen LogP contribution in [0, 0.1) is 5.82 Å². The number of methoxy groups -OCH3 is 1. The molecule has 160 valence electrons. The molecule has 0 bridgehead atoms. The Hall–Kier alpha value is -2.78. The van der Waals surface area contributed by atoms with Gasteiger partial charge < -0.3 is 4.74 Å². The number of pyridine rings is 1. The molecule has 0 saturated carbocycles. The summed E-state index contributed by atoms with van der Waals surface area (Å²) in [7, 11) is 3.67. The van der Waals surface area contributed by atoms with Gasteiger partial charge in [-0.3, -0.25) is 0 Å². The van der Waals surface area contributed by atoms with E-state index in [1.54, 1.807) is 13.3 Å². The molecule has 0 radical (unpaired) electrons. The van der Waals surface area contributed by atoms with Crippen LogP contribution >= 0.6 is 0 Å². The second-order valence-corrected chi connectivity index (χ2v) is 9.02. The fourth-order valence-corrected chi connectivity index (χ4v) is 4.63. The Bertz CT molecular complexity index is 1270. The van der Waals surface area contributed by atoms with E-state index in [0.717, 1.165) is 27.4 Å². The highest BCUT2D eigenvalue weighted by Crippen LogP contribution is 2.38. The summed E-state index contributed by atoms with van der Waals surface area (Å²) < 4.78 is 22.9. The largest absolute Gasteiger partial charge is 0.380 e. The summed E-state index contributed by atoms with van der Waals surface area (Å²) in [5.41, 5.74) is 5.91. The molecule has 0 unspecified atom stereocenters. The molecule has 3 aromatic carbocycles. The lowest BCUT2D eigenvalue weighted by atomic mass is 9.86. The minimum Gasteiger partial charge on any atom is -0.380 e. The average Bonchev–Trinajstić information content (AvgIpc) is 2.73. The molecule has 1 heterocycles. The topological polar surface area (TPSA) is 13.1 Å². The Morgan fingerprint density at radius 2 is 1.68 bits per heavy atom. The van der Waals surface area contributed by atoms with Crippen LogP contribution in [0.3, 0.4) is 0 Å². The molecule has 4 aromatic rings. The summed E-state index contributed by atoms with van der Waals surface area (Å²) in [6, 6.07) is 16.7. The van der Waals surface area contributed by atoms with Crippen molar-refractivity contribution >= 4 is 21.5 Å². The normalized spacial score (nSPS) is 11.9. The number of halogens is 1. The third-order valence-corrected chi connectivity index (χ3v) is 6.22. The molecule has 0 saturated heterocycles. The van der Waals surface area contributed by atoms with Crippen LogP contribution in [0.4, 0.5) is 4.39 Å². The van der Waals surface area contributed by atoms with Crippen molar-refractivity contribution in [1.82, 2.24) is 0 Å². The number of nitrogens with zero attached hydrogens (tertiary/aromatic N) is 1. The molecule has 0 aliphatic heterocycles. The van der Waals surface area contributed by atoms with Crippen LogP contribution < -0.4 is 4.57 Å². The summed E-state index contributed by atoms with van der Waals surface area (Å²) in [6.45, 7) is 9.40. The summed E-state index contributed by atoms with van der Waals surface area (Å²) in [5, 5.41) is 3.59. The van der Waals surface area contributed by atoms with Crippen molar-refractivity contribution in [3.05, 3.63) is 77.2 Å². The SMILES string of the molecule is COCc1c(-c2c3ccc4ccccc4c3c(F)c[n+]2C)cc(C(C)C)cc1C(C)C. The maximum absolute atomic E-state index is 15.3. The van der Waals surface area contributed by atoms with E-state index in [1.807, 2.05) is 35.9 Å². The van der Waals surface area contributed by atoms with Crippen LogP contribution in [0.25, 0.3) is 32.8 Å². The van der Waals surface area contributed by atoms with E-state index in [0.29, 0.717) is 23.8 Å². The molecule has 0 aliphatic rings. The average molecular weight is 417 g/mol. The molecule has 0 atom stereocenters. The maximum Gasteiger partial charge on any atom is 0.220 e. The predicted octanol–water partition coefficient (Wildman–Crippen LogP) is 7.02. The van der Waals surface area contributed by atoms with Gasteiger partial charge >= 0.3 is 0 Å². The van der Waals surface area contributed by atoms with Crippen LogP contribution in [0.2, 0.25) is 0 Å². The quantitative estimate of drug-likeness (QED) is 0.252. The summed E-state index contributed by atoms with van der Waals surface area (Å²) >= 11 is 0. The lowest BCUT2D eigenvalue weighted by molar-refractivity contribution is -0.660. The molecule has 0 fully saturated rings. The molecule has 4 rings (SSSR count). The molecule has 31 heavy (non-hydrogen) atoms. The van der Waals surface area contributed by atoms with Gasteiger partial charge in [0.15, 0.2) is 5.82 Å². The fraction of sp³-hybridized carbons (Fsp3) is 0.321. The van der Waals surface area contributed by atoms with E-state index in [9.17, 15) is 0 Å². The molecule has 3 heteroatoms. The molecule has 1 aromatic heterocycles. The van der Waals surface area contributed by atoms with Crippen molar-refractivity contribution in [3.63, 3.8) is 0 Å². The number of benzene rings is 3. The highest BCUT2D eigenvalue weighted by atomic mass is 19.1. The van der Waals surface area contributed by atoms with Crippen LogP contribution in [0.1, 0.15) is 56.2 Å². The molecule has 0 amide bonds. The van der Waals surface area contributed by atoms with E-state index in [1.165, 1.54) is 16.7 Å². The minimum atomic E-state index is -0.199. The van der Waals surface area contributed by atoms with Gasteiger partial charge in [0.05, 0.1) is 17.6 Å². The van der Waals surface area contributed by atoms with Crippen LogP contribution in [0.15, 0.2) is 54.7 Å². The van der Waals surface area contributed by atoms with Crippen molar-refractivity contribution < 1.29 is 13.7 Å². The third kappa shape index (κ3) is 3.72. The molecular weight excluding hydrogens is 385 g/mol. The standard InChI is InChI=1S/C28H31FNO/c1-17(2)20-13-23(18(3)4)25(16-31-6)24(14-20)28-22-12-11-19-9-7-8-10-21(19)27(22)26(29)15-30(28)5/h7-15,17-18H,16H2,1-6H3/q+1. The molecule has 0 spiro atoms. The predicted molar refractivity (Wildman–Crippen MR) is 127 cm³/mol. The van der Waals surface area contributed by atoms with Gasteiger partial charge in [-0.25, -0.2) is 0 Å². The lowest BCUT2D eigenvalue weighted by Crippen LogP contribution is -2.32. The Morgan fingerprint density at radius 1 is 0.935 bits per heavy atom. The van der Waals surface area contributed by atoms with E-state index < -0.39 is 0 Å². The van der Waals surface area contributed by atoms with Crippen molar-refractivity contribution in [2.75, 3.05) is 7.11 Å². The van der Waals surface area contributed by atoms with Crippen molar-refractivity contribution in [2.24, 2.45) is 7.05 Å². The van der Waals surface area contributed by atoms with Gasteiger partial charge in [-0.1, -0.05) is 64.1 Å². The van der Waals surface area contributed by atoms with E-state index in [4.69, 9.17) is 4.74 Å². The maximum atomic E-state index is 15.3. The third-order valence-electron chi connectivity index (χ3n) is 6.22. The number of ether oxygens (including phenoxy) is 1. The molecule has 2 nitrogen and oxygen atoms in total. The van der Waals surface area contributed by atoms with E-state index in [-0.39, 0.29) is 5.82 Å². The summed E-state index contributed by atoms with van der Waals surface area (Å²) in [4.78, 5) is 0. The van der Waals surface area contributed by atoms with Crippen molar-refractivity contribution in [2.45, 2.75) is 46.1 Å². The van der Waals surface area contributed by atoms with Crippen LogP contribution in [-0.2, 0) is 18.4 Å². The smallest absolute Gasteiger partial charge is 0.220 e. The number of rotatable bonds is 5. The van der Waals surface area contributed by atoms with Gasteiger partial charge in [-0.15, -0.1) is 0 Å². The van der Waals surface area contributed by atoms with Crippen molar-refractivity contribution in [1.29, 1.82) is 0 Å². The van der Waals surface area contributed by atoms with Gasteiger partial charge in [0.1, 0.15) is 7.05 Å². The first-order chi connectivity index (χ1) is 14.8. The Balaban J connectivity index is 2.17. The first kappa shape index (κ1) is 21.5. The highest BCUT2D eigenvalue weighted by molar-refractivity contribution is 6.11. The second kappa shape index (κ2) is 8.39. The Kier molecular flexibility index (Phi) is 5.81. The van der Waals surface area contributed by atoms with Gasteiger partial charge in [-0.05, 0) is 51.4 Å². The van der Waals surface area contributed by atoms with Gasteiger partial charge in [0.25, 0.3) is 0 Å². The minimum absolute atomic E-state index is 0.199. The highest BCUT2D eigenvalue weighted by Gasteiger charge is 2.25. The summed E-state index contributed by atoms with van der Waals surface area (Å²) in [5.74, 6) is 0.557. The monoisotopic (exact) mass is 416 g/mol. The number of aromatic nitrogens is 1. The number of aryl methyl sites for hydroxylation is 1. The molecular formula is C28H31FNO+. The Morgan fingerprint density at radius 3 is 2.35 bits per heavy atom. The van der Waals surface area contributed by atoms with Crippen LogP contribution in [0.5, 0.6) is 0 Å². The lowest BCUT2D eigenvalue weighted by Gasteiger charge is -2.20. The number of fused-ring (bicyclic) bond motifs is 3. The first-order valence-corrected chi connectivity index (χ1v) is 11.0. The first-order valence-electron chi connectivity index (χ1n) is 11.0. The van der Waals surface area contributed by atoms with Gasteiger partial charge in [0.2, 0.25) is 11.9 Å². The Labute approximate surface area is 184 Å². The van der Waals surface area contributed by atoms with Crippen molar-refractivity contribution in [3.8, 4) is 11.3 Å². The van der Waals surface area contributed by atoms with E-state index >= 15 is 4.39 Å². The zero-order valence-corrected chi connectivity index (χ0v) is 19.3. The zero-order chi connectivity index (χ0) is 22.3. The second-order valence-electron chi connectivity index (χ2n) is 9.02. The molecule has 0 aliphatic carbocycles. The van der Waals surface area contributed by atoms with Crippen LogP contribution in [-0.4, -0.2) is 7.11 Å². The number of hydrogen-bond acceptors (Lipinski definition) is 1. The number of hydrogen-bond donors (Lipinski definition) is 0. The van der Waals surface area contributed by atoms with Gasteiger partial charge in [0, 0.05) is 12.5 Å². The van der Waals surface area contributed by atoms with E-state index in [2.05, 4.69) is 52.0 Å². The zero-order valence-electron chi connectivity index (χ0n) is 19.3.